The number of benzene rings is 1. The summed E-state index contributed by atoms with van der Waals surface area (Å²) in [6.07, 6.45) is 5.66. The molecule has 35 heavy (non-hydrogen) atoms. The van der Waals surface area contributed by atoms with Gasteiger partial charge in [-0.2, -0.15) is 10.1 Å². The van der Waals surface area contributed by atoms with E-state index in [1.807, 2.05) is 32.6 Å². The maximum atomic E-state index is 13.5. The molecule has 1 N–H and O–H groups in total. The average Bonchev–Trinajstić information content (AvgIpc) is 3.27. The molecule has 0 bridgehead atoms. The van der Waals surface area contributed by atoms with Crippen LogP contribution in [0.15, 0.2) is 30.7 Å². The molecule has 0 spiro atoms. The minimum Gasteiger partial charge on any atom is -0.350 e. The van der Waals surface area contributed by atoms with Crippen molar-refractivity contribution in [1.82, 2.24) is 19.7 Å². The molecule has 0 radical (unpaired) electrons. The van der Waals surface area contributed by atoms with Crippen molar-refractivity contribution in [1.29, 1.82) is 0 Å². The molecule has 0 unspecified atom stereocenters. The third-order valence-electron chi connectivity index (χ3n) is 5.96. The number of aromatic nitrogens is 4. The van der Waals surface area contributed by atoms with Crippen molar-refractivity contribution in [3.05, 3.63) is 59.3 Å². The summed E-state index contributed by atoms with van der Waals surface area (Å²) in [4.78, 5) is 25.9. The van der Waals surface area contributed by atoms with Crippen LogP contribution in [0.25, 0.3) is 0 Å². The molecule has 0 saturated carbocycles. The number of rotatable bonds is 8. The van der Waals surface area contributed by atoms with Gasteiger partial charge in [0.05, 0.1) is 18.9 Å². The van der Waals surface area contributed by atoms with Crippen LogP contribution >= 0.6 is 0 Å². The number of carbonyl (C=O) groups is 1. The zero-order valence-corrected chi connectivity index (χ0v) is 20.1. The zero-order valence-electron chi connectivity index (χ0n) is 20.1. The highest BCUT2D eigenvalue weighted by Gasteiger charge is 2.39. The standard InChI is InChI=1S/C24H28F3N7O/c1-5-19-23(35)33(6-2)20-11-29-24(31-22(20)34(19)14(3)4)28-9-16-10-30-32(13-16)12-15-7-17(25)21(27)18(26)8-15/h7-8,10-11,13-14,19H,5-6,9,12H2,1-4H3,(H,28,29,31)/t19-/m0/s1. The summed E-state index contributed by atoms with van der Waals surface area (Å²) in [7, 11) is 0. The fraction of sp³-hybridized carbons (Fsp3) is 0.417. The van der Waals surface area contributed by atoms with Gasteiger partial charge in [0.2, 0.25) is 11.9 Å². The fourth-order valence-corrected chi connectivity index (χ4v) is 4.35. The minimum atomic E-state index is -1.49. The molecule has 186 valence electrons. The molecular weight excluding hydrogens is 459 g/mol. The predicted octanol–water partition coefficient (Wildman–Crippen LogP) is 4.11. The van der Waals surface area contributed by atoms with Gasteiger partial charge in [0, 0.05) is 30.9 Å². The Hall–Kier alpha value is -3.63. The Kier molecular flexibility index (Phi) is 6.95. The molecule has 2 aromatic heterocycles. The molecule has 3 aromatic rings. The zero-order chi connectivity index (χ0) is 25.3. The largest absolute Gasteiger partial charge is 0.350 e. The molecule has 1 amide bonds. The SMILES string of the molecule is CC[C@H]1C(=O)N(CC)c2cnc(NCc3cnn(Cc4cc(F)c(F)c(F)c4)c3)nc2N1C(C)C. The number of nitrogens with one attached hydrogen (secondary N) is 1. The Morgan fingerprint density at radius 2 is 1.80 bits per heavy atom. The van der Waals surface area contributed by atoms with Crippen LogP contribution in [-0.4, -0.2) is 44.3 Å². The van der Waals surface area contributed by atoms with Crippen LogP contribution in [0.1, 0.15) is 45.2 Å². The maximum absolute atomic E-state index is 13.5. The summed E-state index contributed by atoms with van der Waals surface area (Å²) >= 11 is 0. The van der Waals surface area contributed by atoms with Crippen LogP contribution in [0, 0.1) is 17.5 Å². The second-order valence-corrected chi connectivity index (χ2v) is 8.68. The summed E-state index contributed by atoms with van der Waals surface area (Å²) in [5, 5.41) is 7.38. The number of likely N-dealkylation sites (N-methyl/N-ethyl adjacent to an activating group) is 1. The first kappa shape index (κ1) is 24.5. The molecule has 0 saturated heterocycles. The molecule has 11 heteroatoms. The minimum absolute atomic E-state index is 0.0499. The van der Waals surface area contributed by atoms with Crippen LogP contribution in [0.5, 0.6) is 0 Å². The maximum Gasteiger partial charge on any atom is 0.249 e. The lowest BCUT2D eigenvalue weighted by molar-refractivity contribution is -0.120. The van der Waals surface area contributed by atoms with Gasteiger partial charge < -0.3 is 15.1 Å². The highest BCUT2D eigenvalue weighted by Crippen LogP contribution is 2.36. The molecule has 4 rings (SSSR count). The number of carbonyl (C=O) groups excluding carboxylic acids is 1. The smallest absolute Gasteiger partial charge is 0.249 e. The topological polar surface area (TPSA) is 79.2 Å². The van der Waals surface area contributed by atoms with Crippen molar-refractivity contribution in [3.8, 4) is 0 Å². The highest BCUT2D eigenvalue weighted by atomic mass is 19.2. The number of hydrogen-bond acceptors (Lipinski definition) is 6. The number of halogens is 3. The summed E-state index contributed by atoms with van der Waals surface area (Å²) in [5.41, 5.74) is 1.75. The van der Waals surface area contributed by atoms with Crippen LogP contribution < -0.4 is 15.1 Å². The predicted molar refractivity (Wildman–Crippen MR) is 127 cm³/mol. The van der Waals surface area contributed by atoms with Crippen molar-refractivity contribution in [3.63, 3.8) is 0 Å². The highest BCUT2D eigenvalue weighted by molar-refractivity contribution is 6.04. The van der Waals surface area contributed by atoms with Gasteiger partial charge in [0.15, 0.2) is 23.3 Å². The van der Waals surface area contributed by atoms with E-state index >= 15 is 0 Å². The van der Waals surface area contributed by atoms with E-state index in [0.29, 0.717) is 37.0 Å². The van der Waals surface area contributed by atoms with E-state index in [1.54, 1.807) is 23.5 Å². The lowest BCUT2D eigenvalue weighted by Gasteiger charge is -2.43. The van der Waals surface area contributed by atoms with Gasteiger partial charge in [0.1, 0.15) is 11.7 Å². The van der Waals surface area contributed by atoms with E-state index in [1.165, 1.54) is 4.68 Å². The second kappa shape index (κ2) is 9.93. The van der Waals surface area contributed by atoms with Crippen LogP contribution in [-0.2, 0) is 17.9 Å². The van der Waals surface area contributed by atoms with Gasteiger partial charge in [0.25, 0.3) is 0 Å². The van der Waals surface area contributed by atoms with E-state index < -0.39 is 17.5 Å². The fourth-order valence-electron chi connectivity index (χ4n) is 4.35. The van der Waals surface area contributed by atoms with Crippen molar-refractivity contribution < 1.29 is 18.0 Å². The molecule has 0 aliphatic carbocycles. The Morgan fingerprint density at radius 3 is 2.43 bits per heavy atom. The van der Waals surface area contributed by atoms with E-state index in [4.69, 9.17) is 4.98 Å². The molecular formula is C24H28F3N7O. The second-order valence-electron chi connectivity index (χ2n) is 8.68. The van der Waals surface area contributed by atoms with Gasteiger partial charge in [-0.1, -0.05) is 6.92 Å². The first-order chi connectivity index (χ1) is 16.7. The summed E-state index contributed by atoms with van der Waals surface area (Å²) in [5.74, 6) is -2.79. The van der Waals surface area contributed by atoms with Gasteiger partial charge in [-0.3, -0.25) is 9.48 Å². The third kappa shape index (κ3) is 4.80. The normalized spacial score (nSPS) is 15.7. The van der Waals surface area contributed by atoms with Crippen LogP contribution in [0.4, 0.5) is 30.6 Å². The number of fused-ring (bicyclic) bond motifs is 1. The van der Waals surface area contributed by atoms with Crippen LogP contribution in [0.2, 0.25) is 0 Å². The summed E-state index contributed by atoms with van der Waals surface area (Å²) < 4.78 is 41.6. The van der Waals surface area contributed by atoms with Crippen molar-refractivity contribution in [2.75, 3.05) is 21.7 Å². The molecule has 1 atom stereocenters. The lowest BCUT2D eigenvalue weighted by atomic mass is 10.0. The summed E-state index contributed by atoms with van der Waals surface area (Å²) in [6, 6.07) is 1.69. The Morgan fingerprint density at radius 1 is 1.09 bits per heavy atom. The van der Waals surface area contributed by atoms with Crippen LogP contribution in [0.3, 0.4) is 0 Å². The first-order valence-electron chi connectivity index (χ1n) is 11.6. The van der Waals surface area contributed by atoms with E-state index in [9.17, 15) is 18.0 Å². The molecule has 1 aromatic carbocycles. The van der Waals surface area contributed by atoms with Gasteiger partial charge in [-0.15, -0.1) is 0 Å². The first-order valence-corrected chi connectivity index (χ1v) is 11.6. The van der Waals surface area contributed by atoms with Gasteiger partial charge >= 0.3 is 0 Å². The van der Waals surface area contributed by atoms with E-state index in [2.05, 4.69) is 15.4 Å². The lowest BCUT2D eigenvalue weighted by Crippen LogP contribution is -2.56. The van der Waals surface area contributed by atoms with Crippen molar-refractivity contribution in [2.24, 2.45) is 0 Å². The molecule has 8 nitrogen and oxygen atoms in total. The summed E-state index contributed by atoms with van der Waals surface area (Å²) in [6.45, 7) is 8.97. The Balaban J connectivity index is 1.50. The Bertz CT molecular complexity index is 1210. The number of nitrogens with zero attached hydrogens (tertiary/aromatic N) is 6. The number of anilines is 3. The van der Waals surface area contributed by atoms with Crippen molar-refractivity contribution >= 4 is 23.4 Å². The Labute approximate surface area is 201 Å². The molecule has 1 aliphatic heterocycles. The van der Waals surface area contributed by atoms with E-state index in [0.717, 1.165) is 17.7 Å². The quantitative estimate of drug-likeness (QED) is 0.482. The van der Waals surface area contributed by atoms with Gasteiger partial charge in [-0.05, 0) is 44.9 Å². The third-order valence-corrected chi connectivity index (χ3v) is 5.96. The van der Waals surface area contributed by atoms with Gasteiger partial charge in [-0.25, -0.2) is 18.2 Å². The monoisotopic (exact) mass is 487 g/mol. The molecule has 3 heterocycles. The number of hydrogen-bond donors (Lipinski definition) is 1. The average molecular weight is 488 g/mol. The van der Waals surface area contributed by atoms with Crippen molar-refractivity contribution in [2.45, 2.75) is 59.3 Å². The number of amides is 1. The molecule has 1 aliphatic rings. The van der Waals surface area contributed by atoms with E-state index in [-0.39, 0.29) is 30.1 Å². The molecule has 0 fully saturated rings.